The third-order valence-electron chi connectivity index (χ3n) is 5.28. The summed E-state index contributed by atoms with van der Waals surface area (Å²) in [6, 6.07) is 9.17. The third-order valence-corrected chi connectivity index (χ3v) is 6.00. The van der Waals surface area contributed by atoms with Crippen molar-refractivity contribution in [3.63, 3.8) is 0 Å². The Bertz CT molecular complexity index is 429. The topological polar surface area (TPSA) is 6.48 Å². The van der Waals surface area contributed by atoms with Crippen LogP contribution in [0.2, 0.25) is 0 Å². The average molecular weight is 398 g/mol. The van der Waals surface area contributed by atoms with Gasteiger partial charge in [-0.1, -0.05) is 12.1 Å². The fourth-order valence-electron chi connectivity index (χ4n) is 3.79. The molecule has 2 saturated heterocycles. The van der Waals surface area contributed by atoms with E-state index in [0.29, 0.717) is 0 Å². The van der Waals surface area contributed by atoms with Gasteiger partial charge in [-0.05, 0) is 111 Å². The second-order valence-corrected chi connectivity index (χ2v) is 8.12. The first kappa shape index (κ1) is 15.8. The summed E-state index contributed by atoms with van der Waals surface area (Å²) < 4.78 is 1.34. The van der Waals surface area contributed by atoms with Crippen LogP contribution >= 0.6 is 22.6 Å². The van der Waals surface area contributed by atoms with Crippen molar-refractivity contribution in [2.75, 3.05) is 39.8 Å². The van der Waals surface area contributed by atoms with Crippen LogP contribution in [0.15, 0.2) is 24.3 Å². The molecule has 0 spiro atoms. The average Bonchev–Trinajstić information content (AvgIpc) is 2.51. The lowest BCUT2D eigenvalue weighted by molar-refractivity contribution is 0.139. The molecule has 0 atom stereocenters. The summed E-state index contributed by atoms with van der Waals surface area (Å²) in [6.45, 7) is 6.52. The van der Waals surface area contributed by atoms with Gasteiger partial charge in [-0.2, -0.15) is 0 Å². The molecule has 2 heterocycles. The van der Waals surface area contributed by atoms with Gasteiger partial charge in [0.2, 0.25) is 0 Å². The van der Waals surface area contributed by atoms with Crippen LogP contribution in [0.5, 0.6) is 0 Å². The van der Waals surface area contributed by atoms with E-state index in [9.17, 15) is 0 Å². The molecule has 3 rings (SSSR count). The predicted molar refractivity (Wildman–Crippen MR) is 97.8 cm³/mol. The maximum Gasteiger partial charge on any atom is 0.0130 e. The number of piperidine rings is 2. The fraction of sp³-hybridized carbons (Fsp3) is 0.667. The molecule has 0 saturated carbocycles. The van der Waals surface area contributed by atoms with Gasteiger partial charge in [-0.15, -0.1) is 0 Å². The minimum absolute atomic E-state index is 0.788. The number of nitrogens with zero attached hydrogens (tertiary/aromatic N) is 2. The van der Waals surface area contributed by atoms with Gasteiger partial charge in [0.25, 0.3) is 0 Å². The highest BCUT2D eigenvalue weighted by Crippen LogP contribution is 2.29. The van der Waals surface area contributed by atoms with E-state index in [1.807, 2.05) is 0 Å². The fourth-order valence-corrected chi connectivity index (χ4v) is 4.15. The van der Waals surface area contributed by atoms with Crippen LogP contribution in [0.4, 0.5) is 0 Å². The standard InChI is InChI=1S/C18H27IN2/c1-20-10-6-15(7-11-20)14-21-12-8-17(9-13-21)16-2-4-18(19)5-3-16/h2-5,15,17H,6-14H2,1H3. The highest BCUT2D eigenvalue weighted by atomic mass is 127. The zero-order chi connectivity index (χ0) is 14.7. The van der Waals surface area contributed by atoms with Gasteiger partial charge in [-0.25, -0.2) is 0 Å². The minimum Gasteiger partial charge on any atom is -0.306 e. The van der Waals surface area contributed by atoms with Crippen LogP contribution in [0, 0.1) is 9.49 Å². The first-order valence-electron chi connectivity index (χ1n) is 8.37. The van der Waals surface area contributed by atoms with E-state index in [-0.39, 0.29) is 0 Å². The lowest BCUT2D eigenvalue weighted by Crippen LogP contribution is -2.40. The molecule has 1 aromatic rings. The quantitative estimate of drug-likeness (QED) is 0.715. The van der Waals surface area contributed by atoms with Crippen LogP contribution in [0.3, 0.4) is 0 Å². The first-order valence-corrected chi connectivity index (χ1v) is 9.45. The second-order valence-electron chi connectivity index (χ2n) is 6.87. The van der Waals surface area contributed by atoms with Gasteiger partial charge in [0, 0.05) is 10.1 Å². The monoisotopic (exact) mass is 398 g/mol. The van der Waals surface area contributed by atoms with E-state index in [1.54, 1.807) is 5.56 Å². The Labute approximate surface area is 143 Å². The Morgan fingerprint density at radius 2 is 1.57 bits per heavy atom. The maximum absolute atomic E-state index is 2.72. The Morgan fingerprint density at radius 3 is 2.19 bits per heavy atom. The summed E-state index contributed by atoms with van der Waals surface area (Å²) in [7, 11) is 2.25. The van der Waals surface area contributed by atoms with Gasteiger partial charge in [-0.3, -0.25) is 0 Å². The maximum atomic E-state index is 2.72. The summed E-state index contributed by atoms with van der Waals surface area (Å²) in [5.41, 5.74) is 1.55. The molecule has 3 heteroatoms. The van der Waals surface area contributed by atoms with Crippen molar-refractivity contribution in [1.29, 1.82) is 0 Å². The molecule has 0 N–H and O–H groups in total. The van der Waals surface area contributed by atoms with E-state index >= 15 is 0 Å². The molecule has 2 fully saturated rings. The van der Waals surface area contributed by atoms with E-state index < -0.39 is 0 Å². The third kappa shape index (κ3) is 4.42. The Kier molecular flexibility index (Phi) is 5.57. The number of hydrogen-bond donors (Lipinski definition) is 0. The van der Waals surface area contributed by atoms with Crippen molar-refractivity contribution in [1.82, 2.24) is 9.80 Å². The van der Waals surface area contributed by atoms with Gasteiger partial charge >= 0.3 is 0 Å². The van der Waals surface area contributed by atoms with Crippen LogP contribution in [0.25, 0.3) is 0 Å². The Balaban J connectivity index is 1.45. The molecule has 0 unspecified atom stereocenters. The molecule has 0 aliphatic carbocycles. The molecule has 116 valence electrons. The molecule has 2 aliphatic rings. The van der Waals surface area contributed by atoms with E-state index in [1.165, 1.54) is 62.0 Å². The molecule has 0 bridgehead atoms. The Morgan fingerprint density at radius 1 is 0.952 bits per heavy atom. The highest BCUT2D eigenvalue weighted by Gasteiger charge is 2.24. The number of likely N-dealkylation sites (tertiary alicyclic amines) is 2. The van der Waals surface area contributed by atoms with E-state index in [0.717, 1.165) is 11.8 Å². The largest absolute Gasteiger partial charge is 0.306 e. The van der Waals surface area contributed by atoms with Gasteiger partial charge in [0.05, 0.1) is 0 Å². The molecule has 2 nitrogen and oxygen atoms in total. The van der Waals surface area contributed by atoms with Gasteiger partial charge in [0.15, 0.2) is 0 Å². The van der Waals surface area contributed by atoms with E-state index in [2.05, 4.69) is 63.7 Å². The Hall–Kier alpha value is -0.130. The minimum atomic E-state index is 0.788. The number of halogens is 1. The summed E-state index contributed by atoms with van der Waals surface area (Å²) in [4.78, 5) is 5.19. The molecular formula is C18H27IN2. The van der Waals surface area contributed by atoms with Crippen molar-refractivity contribution in [3.05, 3.63) is 33.4 Å². The molecule has 21 heavy (non-hydrogen) atoms. The molecule has 2 aliphatic heterocycles. The summed E-state index contributed by atoms with van der Waals surface area (Å²) in [6.07, 6.45) is 5.47. The summed E-state index contributed by atoms with van der Waals surface area (Å²) >= 11 is 2.39. The smallest absolute Gasteiger partial charge is 0.0130 e. The van der Waals surface area contributed by atoms with Crippen molar-refractivity contribution >= 4 is 22.6 Å². The number of hydrogen-bond acceptors (Lipinski definition) is 2. The molecule has 0 aromatic heterocycles. The molecule has 1 aromatic carbocycles. The predicted octanol–water partition coefficient (Wildman–Crippen LogP) is 3.81. The lowest BCUT2D eigenvalue weighted by Gasteiger charge is -2.37. The van der Waals surface area contributed by atoms with Crippen molar-refractivity contribution < 1.29 is 0 Å². The summed E-state index contributed by atoms with van der Waals surface area (Å²) in [5, 5.41) is 0. The number of rotatable bonds is 3. The number of benzene rings is 1. The van der Waals surface area contributed by atoms with Crippen LogP contribution < -0.4 is 0 Å². The molecule has 0 radical (unpaired) electrons. The summed E-state index contributed by atoms with van der Waals surface area (Å²) in [5.74, 6) is 1.73. The van der Waals surface area contributed by atoms with Crippen molar-refractivity contribution in [3.8, 4) is 0 Å². The highest BCUT2D eigenvalue weighted by molar-refractivity contribution is 14.1. The molecule has 0 amide bonds. The SMILES string of the molecule is CN1CCC(CN2CCC(c3ccc(I)cc3)CC2)CC1. The lowest BCUT2D eigenvalue weighted by atomic mass is 9.88. The van der Waals surface area contributed by atoms with Crippen LogP contribution in [-0.4, -0.2) is 49.6 Å². The van der Waals surface area contributed by atoms with Crippen molar-refractivity contribution in [2.24, 2.45) is 5.92 Å². The zero-order valence-electron chi connectivity index (χ0n) is 13.1. The first-order chi connectivity index (χ1) is 10.2. The van der Waals surface area contributed by atoms with Crippen LogP contribution in [-0.2, 0) is 0 Å². The van der Waals surface area contributed by atoms with Crippen LogP contribution in [0.1, 0.15) is 37.2 Å². The zero-order valence-corrected chi connectivity index (χ0v) is 15.3. The van der Waals surface area contributed by atoms with Gasteiger partial charge < -0.3 is 9.80 Å². The normalized spacial score (nSPS) is 23.5. The second kappa shape index (κ2) is 7.42. The van der Waals surface area contributed by atoms with Gasteiger partial charge in [0.1, 0.15) is 0 Å². The van der Waals surface area contributed by atoms with E-state index in [4.69, 9.17) is 0 Å². The van der Waals surface area contributed by atoms with Crippen molar-refractivity contribution in [2.45, 2.75) is 31.6 Å². The molecular weight excluding hydrogens is 371 g/mol.